The zero-order valence-corrected chi connectivity index (χ0v) is 14.2. The van der Waals surface area contributed by atoms with Crippen molar-refractivity contribution < 1.29 is 9.53 Å². The van der Waals surface area contributed by atoms with Crippen molar-refractivity contribution in [3.63, 3.8) is 0 Å². The number of carbonyl (C=O) groups excluding carboxylic acids is 1. The molecule has 24 heavy (non-hydrogen) atoms. The van der Waals surface area contributed by atoms with Crippen LogP contribution in [0.25, 0.3) is 0 Å². The first-order valence-corrected chi connectivity index (χ1v) is 8.15. The highest BCUT2D eigenvalue weighted by Crippen LogP contribution is 2.28. The fourth-order valence-corrected chi connectivity index (χ4v) is 3.23. The summed E-state index contributed by atoms with van der Waals surface area (Å²) in [5.41, 5.74) is 1.82. The second kappa shape index (κ2) is 7.59. The highest BCUT2D eigenvalue weighted by Gasteiger charge is 2.31. The molecular weight excluding hydrogens is 328 g/mol. The maximum atomic E-state index is 12.3. The van der Waals surface area contributed by atoms with Crippen molar-refractivity contribution in [2.24, 2.45) is 0 Å². The van der Waals surface area contributed by atoms with Crippen molar-refractivity contribution in [3.05, 3.63) is 53.6 Å². The maximum absolute atomic E-state index is 12.3. The molecule has 7 heteroatoms. The van der Waals surface area contributed by atoms with Gasteiger partial charge >= 0.3 is 5.97 Å². The van der Waals surface area contributed by atoms with Gasteiger partial charge in [-0.15, -0.1) is 0 Å². The van der Waals surface area contributed by atoms with Gasteiger partial charge in [-0.2, -0.15) is 0 Å². The molecule has 0 radical (unpaired) electrons. The number of piperazine rings is 1. The van der Waals surface area contributed by atoms with E-state index in [-0.39, 0.29) is 5.97 Å². The lowest BCUT2D eigenvalue weighted by molar-refractivity contribution is -0.147. The summed E-state index contributed by atoms with van der Waals surface area (Å²) in [5, 5.41) is 0.641. The molecule has 0 aromatic carbocycles. The van der Waals surface area contributed by atoms with Gasteiger partial charge in [0.1, 0.15) is 6.04 Å². The standard InChI is InChI=1S/C17H19ClN4O2/c1-24-17(23)16(13-3-2-5-19-11-13)22-9-7-21(8-10-22)15-4-6-20-12-14(15)18/h2-6,11-12,16H,7-10H2,1H3/t16-/m0/s1. The Bertz CT molecular complexity index is 690. The third-order valence-corrected chi connectivity index (χ3v) is 4.49. The molecule has 2 aromatic rings. The summed E-state index contributed by atoms with van der Waals surface area (Å²) in [5.74, 6) is -0.265. The molecule has 0 saturated carbocycles. The van der Waals surface area contributed by atoms with E-state index in [4.69, 9.17) is 16.3 Å². The number of anilines is 1. The van der Waals surface area contributed by atoms with Gasteiger partial charge < -0.3 is 9.64 Å². The van der Waals surface area contributed by atoms with E-state index < -0.39 is 6.04 Å². The van der Waals surface area contributed by atoms with Crippen LogP contribution in [0.5, 0.6) is 0 Å². The molecular formula is C17H19ClN4O2. The van der Waals surface area contributed by atoms with Gasteiger partial charge in [-0.25, -0.2) is 4.79 Å². The van der Waals surface area contributed by atoms with Gasteiger partial charge in [0, 0.05) is 51.0 Å². The average Bonchev–Trinajstić information content (AvgIpc) is 2.64. The number of aromatic nitrogens is 2. The van der Waals surface area contributed by atoms with Gasteiger partial charge in [-0.1, -0.05) is 17.7 Å². The van der Waals surface area contributed by atoms with E-state index in [0.717, 1.165) is 37.4 Å². The molecule has 3 heterocycles. The number of hydrogen-bond acceptors (Lipinski definition) is 6. The molecule has 0 unspecified atom stereocenters. The smallest absolute Gasteiger partial charge is 0.327 e. The summed E-state index contributed by atoms with van der Waals surface area (Å²) in [6.45, 7) is 3.01. The normalized spacial score (nSPS) is 16.7. The molecule has 0 N–H and O–H groups in total. The average molecular weight is 347 g/mol. The van der Waals surface area contributed by atoms with Crippen molar-refractivity contribution >= 4 is 23.3 Å². The van der Waals surface area contributed by atoms with Gasteiger partial charge in [0.05, 0.1) is 17.8 Å². The molecule has 0 bridgehead atoms. The number of pyridine rings is 2. The van der Waals surface area contributed by atoms with Crippen LogP contribution >= 0.6 is 11.6 Å². The highest BCUT2D eigenvalue weighted by atomic mass is 35.5. The fourth-order valence-electron chi connectivity index (χ4n) is 2.99. The monoisotopic (exact) mass is 346 g/mol. The summed E-state index contributed by atoms with van der Waals surface area (Å²) in [6.07, 6.45) is 6.80. The molecule has 3 rings (SSSR count). The van der Waals surface area contributed by atoms with E-state index in [1.54, 1.807) is 24.8 Å². The summed E-state index contributed by atoms with van der Waals surface area (Å²) < 4.78 is 5.00. The fraction of sp³-hybridized carbons (Fsp3) is 0.353. The van der Waals surface area contributed by atoms with Crippen LogP contribution in [0.1, 0.15) is 11.6 Å². The van der Waals surface area contributed by atoms with Crippen LogP contribution in [0.3, 0.4) is 0 Å². The highest BCUT2D eigenvalue weighted by molar-refractivity contribution is 6.33. The van der Waals surface area contributed by atoms with Gasteiger partial charge in [0.2, 0.25) is 0 Å². The molecule has 2 aromatic heterocycles. The predicted octanol–water partition coefficient (Wildman–Crippen LogP) is 2.17. The van der Waals surface area contributed by atoms with Crippen LogP contribution in [0.15, 0.2) is 43.0 Å². The first-order chi connectivity index (χ1) is 11.7. The number of nitrogens with zero attached hydrogens (tertiary/aromatic N) is 4. The van der Waals surface area contributed by atoms with E-state index in [1.807, 2.05) is 18.2 Å². The SMILES string of the molecule is COC(=O)[C@H](c1cccnc1)N1CCN(c2ccncc2Cl)CC1. The van der Waals surface area contributed by atoms with Crippen molar-refractivity contribution in [1.82, 2.24) is 14.9 Å². The number of hydrogen-bond donors (Lipinski definition) is 0. The van der Waals surface area contributed by atoms with Crippen molar-refractivity contribution in [3.8, 4) is 0 Å². The molecule has 1 atom stereocenters. The van der Waals surface area contributed by atoms with Crippen LogP contribution in [0.4, 0.5) is 5.69 Å². The maximum Gasteiger partial charge on any atom is 0.327 e. The van der Waals surface area contributed by atoms with E-state index in [0.29, 0.717) is 5.02 Å². The second-order valence-electron chi connectivity index (χ2n) is 5.56. The Kier molecular flexibility index (Phi) is 5.27. The molecule has 0 aliphatic carbocycles. The number of ether oxygens (including phenoxy) is 1. The Morgan fingerprint density at radius 1 is 1.17 bits per heavy atom. The van der Waals surface area contributed by atoms with Gasteiger partial charge in [0.15, 0.2) is 0 Å². The lowest BCUT2D eigenvalue weighted by Gasteiger charge is -2.39. The lowest BCUT2D eigenvalue weighted by Crippen LogP contribution is -2.49. The van der Waals surface area contributed by atoms with Crippen molar-refractivity contribution in [2.75, 3.05) is 38.2 Å². The van der Waals surface area contributed by atoms with E-state index >= 15 is 0 Å². The summed E-state index contributed by atoms with van der Waals surface area (Å²) in [7, 11) is 1.42. The molecule has 1 fully saturated rings. The lowest BCUT2D eigenvalue weighted by atomic mass is 10.1. The summed E-state index contributed by atoms with van der Waals surface area (Å²) >= 11 is 6.23. The van der Waals surface area contributed by atoms with E-state index in [2.05, 4.69) is 19.8 Å². The molecule has 1 saturated heterocycles. The minimum atomic E-state index is -0.432. The second-order valence-corrected chi connectivity index (χ2v) is 5.97. The Morgan fingerprint density at radius 2 is 1.92 bits per heavy atom. The van der Waals surface area contributed by atoms with Crippen LogP contribution in [-0.4, -0.2) is 54.1 Å². The van der Waals surface area contributed by atoms with Gasteiger partial charge in [-0.3, -0.25) is 14.9 Å². The molecule has 126 valence electrons. The van der Waals surface area contributed by atoms with Crippen LogP contribution in [-0.2, 0) is 9.53 Å². The topological polar surface area (TPSA) is 58.6 Å². The molecule has 6 nitrogen and oxygen atoms in total. The quantitative estimate of drug-likeness (QED) is 0.791. The van der Waals surface area contributed by atoms with Crippen LogP contribution in [0.2, 0.25) is 5.02 Å². The third-order valence-electron chi connectivity index (χ3n) is 4.20. The predicted molar refractivity (Wildman–Crippen MR) is 92.0 cm³/mol. The number of rotatable bonds is 4. The number of halogens is 1. The van der Waals surface area contributed by atoms with Crippen molar-refractivity contribution in [2.45, 2.75) is 6.04 Å². The Morgan fingerprint density at radius 3 is 2.54 bits per heavy atom. The first kappa shape index (κ1) is 16.7. The molecule has 0 amide bonds. The Balaban J connectivity index is 1.74. The molecule has 1 aliphatic rings. The third kappa shape index (κ3) is 3.49. The first-order valence-electron chi connectivity index (χ1n) is 7.77. The van der Waals surface area contributed by atoms with Crippen molar-refractivity contribution in [1.29, 1.82) is 0 Å². The Hall–Kier alpha value is -2.18. The summed E-state index contributed by atoms with van der Waals surface area (Å²) in [4.78, 5) is 24.8. The number of methoxy groups -OCH3 is 1. The van der Waals surface area contributed by atoms with Gasteiger partial charge in [0.25, 0.3) is 0 Å². The van der Waals surface area contributed by atoms with E-state index in [1.165, 1.54) is 7.11 Å². The minimum Gasteiger partial charge on any atom is -0.468 e. The van der Waals surface area contributed by atoms with Gasteiger partial charge in [-0.05, 0) is 17.7 Å². The number of esters is 1. The van der Waals surface area contributed by atoms with Crippen LogP contribution < -0.4 is 4.90 Å². The van der Waals surface area contributed by atoms with E-state index in [9.17, 15) is 4.79 Å². The molecule has 0 spiro atoms. The molecule has 1 aliphatic heterocycles. The largest absolute Gasteiger partial charge is 0.468 e. The van der Waals surface area contributed by atoms with Crippen LogP contribution in [0, 0.1) is 0 Å². The summed E-state index contributed by atoms with van der Waals surface area (Å²) in [6, 6.07) is 5.22. The zero-order valence-electron chi connectivity index (χ0n) is 13.4. The minimum absolute atomic E-state index is 0.265. The number of carbonyl (C=O) groups is 1. The zero-order chi connectivity index (χ0) is 16.9. The Labute approximate surface area is 146 Å².